The second-order valence-electron chi connectivity index (χ2n) is 10.4. The highest BCUT2D eigenvalue weighted by Gasteiger charge is 2.24. The van der Waals surface area contributed by atoms with E-state index in [2.05, 4.69) is 49.5 Å². The molecule has 1 aromatic heterocycles. The number of nitrogens with one attached hydrogen (secondary N) is 1. The number of aromatic nitrogens is 1. The number of carboxylic acids is 1. The van der Waals surface area contributed by atoms with Crippen LogP contribution in [0.4, 0.5) is 0 Å². The molecule has 0 spiro atoms. The number of aliphatic carboxylic acids is 1. The van der Waals surface area contributed by atoms with Gasteiger partial charge in [-0.05, 0) is 45.9 Å². The first-order valence-electron chi connectivity index (χ1n) is 13.4. The van der Waals surface area contributed by atoms with Crippen LogP contribution in [0.25, 0.3) is 22.0 Å². The molecule has 1 amide bonds. The number of fused-ring (bicyclic) bond motifs is 1. The largest absolute Gasteiger partial charge is 0.481 e. The van der Waals surface area contributed by atoms with Crippen LogP contribution in [0, 0.1) is 0 Å². The lowest BCUT2D eigenvalue weighted by Crippen LogP contribution is -2.27. The van der Waals surface area contributed by atoms with E-state index in [4.69, 9.17) is 7.85 Å². The summed E-state index contributed by atoms with van der Waals surface area (Å²) < 4.78 is 1.91. The fourth-order valence-corrected chi connectivity index (χ4v) is 5.14. The van der Waals surface area contributed by atoms with E-state index in [1.54, 1.807) is 12.1 Å². The predicted molar refractivity (Wildman–Crippen MR) is 161 cm³/mol. The zero-order valence-electron chi connectivity index (χ0n) is 22.7. The molecule has 0 unspecified atom stereocenters. The number of carbonyl (C=O) groups is 2. The average molecular weight is 526 g/mol. The quantitative estimate of drug-likeness (QED) is 0.238. The average Bonchev–Trinajstić information content (AvgIpc) is 3.24. The van der Waals surface area contributed by atoms with Crippen molar-refractivity contribution in [2.24, 2.45) is 0 Å². The van der Waals surface area contributed by atoms with Gasteiger partial charge in [0.25, 0.3) is 5.91 Å². The van der Waals surface area contributed by atoms with Gasteiger partial charge < -0.3 is 15.0 Å². The third-order valence-corrected chi connectivity index (χ3v) is 7.21. The summed E-state index contributed by atoms with van der Waals surface area (Å²) in [5.74, 6) is -0.921. The van der Waals surface area contributed by atoms with Gasteiger partial charge in [0.05, 0.1) is 6.42 Å². The van der Waals surface area contributed by atoms with Gasteiger partial charge in [0, 0.05) is 29.6 Å². The molecule has 6 heteroatoms. The van der Waals surface area contributed by atoms with E-state index in [0.717, 1.165) is 27.8 Å². The molecule has 4 aromatic carbocycles. The van der Waals surface area contributed by atoms with Crippen molar-refractivity contribution >= 4 is 36.1 Å². The molecule has 1 heterocycles. The molecule has 0 aliphatic carbocycles. The monoisotopic (exact) mass is 526 g/mol. The Morgan fingerprint density at radius 1 is 0.850 bits per heavy atom. The molecule has 0 aliphatic rings. The number of carboxylic acid groups (broad SMARTS) is 1. The minimum absolute atomic E-state index is 0.286. The number of carbonyl (C=O) groups excluding carboxylic acids is 1. The Kier molecular flexibility index (Phi) is 7.88. The van der Waals surface area contributed by atoms with Gasteiger partial charge in [-0.1, -0.05) is 104 Å². The van der Waals surface area contributed by atoms with Crippen LogP contribution < -0.4 is 10.8 Å². The Balaban J connectivity index is 1.51. The number of amides is 1. The smallest absolute Gasteiger partial charge is 0.307 e. The van der Waals surface area contributed by atoms with E-state index in [9.17, 15) is 14.7 Å². The molecule has 0 bridgehead atoms. The van der Waals surface area contributed by atoms with Crippen LogP contribution in [0.2, 0.25) is 0 Å². The number of hydrogen-bond acceptors (Lipinski definition) is 2. The Bertz CT molecular complexity index is 1670. The fraction of sp³-hybridized carbons (Fsp3) is 0.176. The molecule has 5 aromatic rings. The molecule has 40 heavy (non-hydrogen) atoms. The maximum Gasteiger partial charge on any atom is 0.307 e. The minimum Gasteiger partial charge on any atom is -0.481 e. The molecule has 5 nitrogen and oxygen atoms in total. The van der Waals surface area contributed by atoms with Gasteiger partial charge in [-0.25, -0.2) is 0 Å². The maximum atomic E-state index is 13.8. The van der Waals surface area contributed by atoms with Crippen molar-refractivity contribution in [1.82, 2.24) is 9.88 Å². The molecule has 5 rings (SSSR count). The molecular formula is C34H31BN2O3. The predicted octanol–water partition coefficient (Wildman–Crippen LogP) is 5.83. The summed E-state index contributed by atoms with van der Waals surface area (Å²) in [7, 11) is 6.10. The van der Waals surface area contributed by atoms with E-state index in [1.807, 2.05) is 59.2 Å². The molecule has 0 fully saturated rings. The van der Waals surface area contributed by atoms with Gasteiger partial charge in [-0.2, -0.15) is 0 Å². The van der Waals surface area contributed by atoms with Crippen LogP contribution in [-0.4, -0.2) is 29.4 Å². The molecule has 0 aliphatic heterocycles. The first kappa shape index (κ1) is 27.0. The maximum absolute atomic E-state index is 13.8. The lowest BCUT2D eigenvalue weighted by atomic mass is 9.93. The van der Waals surface area contributed by atoms with Gasteiger partial charge in [-0.15, -0.1) is 0 Å². The molecule has 2 N–H and O–H groups in total. The van der Waals surface area contributed by atoms with Gasteiger partial charge in [0.15, 0.2) is 0 Å². The van der Waals surface area contributed by atoms with E-state index in [1.165, 1.54) is 5.56 Å². The zero-order valence-corrected chi connectivity index (χ0v) is 22.7. The normalized spacial score (nSPS) is 11.2. The van der Waals surface area contributed by atoms with Crippen molar-refractivity contribution in [3.63, 3.8) is 0 Å². The standard InChI is InChI=1S/C34H31BN2O3/c1-22(2)25-13-11-23(12-14-25)21-37-31-16-15-28(35)18-29(31)30(19-32(38)39)33(37)34(40)36-20-24-7-6-10-27(17-24)26-8-4-3-5-9-26/h3-18,22H,19-21H2,1-2H3,(H,36,40)(H,38,39). The summed E-state index contributed by atoms with van der Waals surface area (Å²) in [6.45, 7) is 5.02. The SMILES string of the molecule is [B]c1ccc2c(c1)c(CC(=O)O)c(C(=O)NCc1cccc(-c3ccccc3)c1)n2Cc1ccc(C(C)C)cc1. The summed E-state index contributed by atoms with van der Waals surface area (Å²) in [5.41, 5.74) is 7.46. The Morgan fingerprint density at radius 3 is 2.27 bits per heavy atom. The van der Waals surface area contributed by atoms with E-state index >= 15 is 0 Å². The number of rotatable bonds is 9. The Hall–Kier alpha value is -4.58. The highest BCUT2D eigenvalue weighted by molar-refractivity contribution is 6.33. The van der Waals surface area contributed by atoms with E-state index < -0.39 is 5.97 Å². The Labute approximate surface area is 235 Å². The summed E-state index contributed by atoms with van der Waals surface area (Å²) in [4.78, 5) is 25.7. The third kappa shape index (κ3) is 5.86. The van der Waals surface area contributed by atoms with E-state index in [0.29, 0.717) is 41.1 Å². The molecule has 0 saturated carbocycles. The topological polar surface area (TPSA) is 71.3 Å². The second kappa shape index (κ2) is 11.7. The third-order valence-electron chi connectivity index (χ3n) is 7.21. The summed E-state index contributed by atoms with van der Waals surface area (Å²) in [5, 5.41) is 13.5. The van der Waals surface area contributed by atoms with Gasteiger partial charge in [-0.3, -0.25) is 9.59 Å². The van der Waals surface area contributed by atoms with Crippen LogP contribution >= 0.6 is 0 Å². The summed E-state index contributed by atoms with van der Waals surface area (Å²) >= 11 is 0. The lowest BCUT2D eigenvalue weighted by molar-refractivity contribution is -0.136. The fourth-order valence-electron chi connectivity index (χ4n) is 5.14. The molecular weight excluding hydrogens is 495 g/mol. The first-order chi connectivity index (χ1) is 19.3. The van der Waals surface area contributed by atoms with Crippen molar-refractivity contribution in [3.05, 3.63) is 125 Å². The summed E-state index contributed by atoms with van der Waals surface area (Å²) in [6.07, 6.45) is -0.286. The van der Waals surface area contributed by atoms with Gasteiger partial charge in [0.1, 0.15) is 13.5 Å². The minimum atomic E-state index is -1.01. The second-order valence-corrected chi connectivity index (χ2v) is 10.4. The zero-order chi connectivity index (χ0) is 28.2. The van der Waals surface area contributed by atoms with Crippen molar-refractivity contribution < 1.29 is 14.7 Å². The van der Waals surface area contributed by atoms with E-state index in [-0.39, 0.29) is 12.3 Å². The number of benzene rings is 4. The molecule has 2 radical (unpaired) electrons. The van der Waals surface area contributed by atoms with Crippen molar-refractivity contribution in [2.45, 2.75) is 39.3 Å². The van der Waals surface area contributed by atoms with Crippen molar-refractivity contribution in [1.29, 1.82) is 0 Å². The van der Waals surface area contributed by atoms with Crippen LogP contribution in [0.5, 0.6) is 0 Å². The lowest BCUT2D eigenvalue weighted by Gasteiger charge is -2.14. The van der Waals surface area contributed by atoms with Gasteiger partial charge in [0.2, 0.25) is 0 Å². The number of nitrogens with zero attached hydrogens (tertiary/aromatic N) is 1. The summed E-state index contributed by atoms with van der Waals surface area (Å²) in [6, 6.07) is 31.8. The first-order valence-corrected chi connectivity index (χ1v) is 13.4. The Morgan fingerprint density at radius 2 is 1.57 bits per heavy atom. The van der Waals surface area contributed by atoms with Crippen molar-refractivity contribution in [3.8, 4) is 11.1 Å². The molecule has 0 saturated heterocycles. The molecule has 198 valence electrons. The van der Waals surface area contributed by atoms with Crippen LogP contribution in [0.3, 0.4) is 0 Å². The van der Waals surface area contributed by atoms with Gasteiger partial charge >= 0.3 is 5.97 Å². The molecule has 0 atom stereocenters. The van der Waals surface area contributed by atoms with Crippen LogP contribution in [0.15, 0.2) is 97.1 Å². The number of hydrogen-bond donors (Lipinski definition) is 2. The highest BCUT2D eigenvalue weighted by atomic mass is 16.4. The van der Waals surface area contributed by atoms with Crippen LogP contribution in [-0.2, 0) is 24.3 Å². The van der Waals surface area contributed by atoms with Crippen molar-refractivity contribution in [2.75, 3.05) is 0 Å². The highest BCUT2D eigenvalue weighted by Crippen LogP contribution is 2.28. The van der Waals surface area contributed by atoms with Crippen LogP contribution in [0.1, 0.15) is 52.5 Å².